The number of primary amides is 1. The highest BCUT2D eigenvalue weighted by Gasteiger charge is 2.41. The number of likely N-dealkylation sites (N-methyl/N-ethyl adjacent to an activating group) is 1. The van der Waals surface area contributed by atoms with Crippen molar-refractivity contribution in [2.24, 2.45) is 5.73 Å². The standard InChI is InChI=1S/C40H48N10O6/c1-40(13-16-47(17-14-40)27-9-11-30-31(20-27)38(54)50(37(30)53)29-10-12-33(51)43-24-56-23-29)25-5-7-26(8-6-25)44-36-34(35(41)52)42-21-32(45-36)48-15-3-4-28(22-48)49-19-18-46(2)39(49)55/h5-9,11,20-21,28-29H,3-4,10,12-19,22-24H2,1-2H3,(H2,41,52)(H,43,51)(H,44,45)/t28-,29?/m1/s1. The average molecular weight is 765 g/mol. The summed E-state index contributed by atoms with van der Waals surface area (Å²) < 4.78 is 5.51. The Balaban J connectivity index is 0.915. The lowest BCUT2D eigenvalue weighted by Gasteiger charge is -2.41. The van der Waals surface area contributed by atoms with E-state index in [9.17, 15) is 24.0 Å². The molecule has 6 heterocycles. The van der Waals surface area contributed by atoms with E-state index < -0.39 is 11.9 Å². The van der Waals surface area contributed by atoms with Gasteiger partial charge in [0.1, 0.15) is 12.5 Å². The number of carbonyl (C=O) groups is 5. The van der Waals surface area contributed by atoms with Gasteiger partial charge in [-0.15, -0.1) is 0 Å². The zero-order chi connectivity index (χ0) is 39.1. The second-order valence-electron chi connectivity index (χ2n) is 15.7. The number of fused-ring (bicyclic) bond motifs is 1. The molecule has 16 nitrogen and oxygen atoms in total. The fourth-order valence-corrected chi connectivity index (χ4v) is 8.64. The first kappa shape index (κ1) is 37.2. The van der Waals surface area contributed by atoms with Gasteiger partial charge in [0.05, 0.1) is 36.0 Å². The van der Waals surface area contributed by atoms with E-state index >= 15 is 0 Å². The molecule has 0 saturated carbocycles. The molecular formula is C40H48N10O6. The minimum atomic E-state index is -0.679. The van der Waals surface area contributed by atoms with Gasteiger partial charge in [-0.1, -0.05) is 19.1 Å². The molecule has 16 heteroatoms. The van der Waals surface area contributed by atoms with Crippen molar-refractivity contribution in [3.63, 3.8) is 0 Å². The van der Waals surface area contributed by atoms with Crippen LogP contribution in [0.3, 0.4) is 0 Å². The van der Waals surface area contributed by atoms with Gasteiger partial charge in [0.15, 0.2) is 11.5 Å². The third-order valence-electron chi connectivity index (χ3n) is 12.1. The number of rotatable bonds is 8. The molecular weight excluding hydrogens is 717 g/mol. The van der Waals surface area contributed by atoms with Crippen molar-refractivity contribution in [3.05, 3.63) is 71.0 Å². The highest BCUT2D eigenvalue weighted by molar-refractivity contribution is 6.22. The summed E-state index contributed by atoms with van der Waals surface area (Å²) in [6.45, 7) is 6.85. The van der Waals surface area contributed by atoms with Crippen molar-refractivity contribution < 1.29 is 28.7 Å². The molecule has 1 unspecified atom stereocenters. The minimum absolute atomic E-state index is 0.0512. The number of aromatic nitrogens is 2. The van der Waals surface area contributed by atoms with Gasteiger partial charge in [0.2, 0.25) is 5.91 Å². The Kier molecular flexibility index (Phi) is 9.99. The van der Waals surface area contributed by atoms with Gasteiger partial charge in [-0.05, 0) is 73.4 Å². The minimum Gasteiger partial charge on any atom is -0.371 e. The topological polar surface area (TPSA) is 187 Å². The van der Waals surface area contributed by atoms with Crippen LogP contribution in [0.5, 0.6) is 0 Å². The average Bonchev–Trinajstić information content (AvgIpc) is 3.66. The Morgan fingerprint density at radius 1 is 0.929 bits per heavy atom. The molecule has 6 amide bonds. The van der Waals surface area contributed by atoms with Crippen LogP contribution in [0.25, 0.3) is 0 Å². The molecule has 4 N–H and O–H groups in total. The van der Waals surface area contributed by atoms with Crippen LogP contribution < -0.4 is 26.2 Å². The van der Waals surface area contributed by atoms with Crippen LogP contribution in [0.2, 0.25) is 0 Å². The van der Waals surface area contributed by atoms with Gasteiger partial charge in [0.25, 0.3) is 17.7 Å². The van der Waals surface area contributed by atoms with Gasteiger partial charge in [-0.3, -0.25) is 24.1 Å². The molecule has 0 aliphatic carbocycles. The van der Waals surface area contributed by atoms with Crippen LogP contribution in [0.1, 0.15) is 82.2 Å². The number of piperidine rings is 2. The number of nitrogens with zero attached hydrogens (tertiary/aromatic N) is 7. The summed E-state index contributed by atoms with van der Waals surface area (Å²) in [6.07, 6.45) is 5.72. The third-order valence-corrected chi connectivity index (χ3v) is 12.1. The largest absolute Gasteiger partial charge is 0.371 e. The van der Waals surface area contributed by atoms with E-state index in [4.69, 9.17) is 15.5 Å². The Morgan fingerprint density at radius 3 is 2.43 bits per heavy atom. The third kappa shape index (κ3) is 7.08. The Bertz CT molecular complexity index is 2050. The van der Waals surface area contributed by atoms with Gasteiger partial charge in [0, 0.05) is 64.1 Å². The number of hydrogen-bond acceptors (Lipinski definition) is 11. The molecule has 1 aromatic heterocycles. The van der Waals surface area contributed by atoms with Crippen LogP contribution in [0.15, 0.2) is 48.7 Å². The monoisotopic (exact) mass is 764 g/mol. The van der Waals surface area contributed by atoms with Crippen molar-refractivity contribution in [1.82, 2.24) is 30.0 Å². The van der Waals surface area contributed by atoms with Crippen LogP contribution in [-0.4, -0.2) is 126 Å². The van der Waals surface area contributed by atoms with Crippen LogP contribution >= 0.6 is 0 Å². The molecule has 5 aliphatic heterocycles. The number of imide groups is 1. The number of ether oxygens (including phenoxy) is 1. The number of anilines is 4. The summed E-state index contributed by atoms with van der Waals surface area (Å²) in [7, 11) is 1.83. The van der Waals surface area contributed by atoms with E-state index in [2.05, 4.69) is 44.5 Å². The fraction of sp³-hybridized carbons (Fsp3) is 0.475. The van der Waals surface area contributed by atoms with Crippen molar-refractivity contribution >= 4 is 52.7 Å². The quantitative estimate of drug-likeness (QED) is 0.286. The van der Waals surface area contributed by atoms with Crippen molar-refractivity contribution in [2.75, 3.05) is 74.8 Å². The summed E-state index contributed by atoms with van der Waals surface area (Å²) >= 11 is 0. The molecule has 294 valence electrons. The number of carbonyl (C=O) groups excluding carboxylic acids is 5. The number of nitrogens with one attached hydrogen (secondary N) is 2. The first-order chi connectivity index (χ1) is 27.0. The Hall–Kier alpha value is -5.77. The second kappa shape index (κ2) is 15.0. The van der Waals surface area contributed by atoms with E-state index in [1.165, 1.54) is 10.5 Å². The van der Waals surface area contributed by atoms with E-state index in [1.807, 2.05) is 36.2 Å². The predicted molar refractivity (Wildman–Crippen MR) is 208 cm³/mol. The smallest absolute Gasteiger partial charge is 0.320 e. The molecule has 0 bridgehead atoms. The van der Waals surface area contributed by atoms with Gasteiger partial charge in [-0.2, -0.15) is 0 Å². The zero-order valence-corrected chi connectivity index (χ0v) is 31.8. The maximum Gasteiger partial charge on any atom is 0.320 e. The molecule has 2 atom stereocenters. The highest BCUT2D eigenvalue weighted by Crippen LogP contribution is 2.39. The lowest BCUT2D eigenvalue weighted by Crippen LogP contribution is -2.49. The summed E-state index contributed by atoms with van der Waals surface area (Å²) in [4.78, 5) is 82.4. The molecule has 8 rings (SSSR count). The molecule has 0 spiro atoms. The Labute approximate surface area is 325 Å². The maximum atomic E-state index is 13.5. The van der Waals surface area contributed by atoms with E-state index in [-0.39, 0.29) is 66.5 Å². The Morgan fingerprint density at radius 2 is 1.70 bits per heavy atom. The number of amides is 6. The number of hydrogen-bond donors (Lipinski definition) is 3. The van der Waals surface area contributed by atoms with E-state index in [0.717, 1.165) is 63.2 Å². The number of benzene rings is 2. The van der Waals surface area contributed by atoms with Crippen molar-refractivity contribution in [1.29, 1.82) is 0 Å². The van der Waals surface area contributed by atoms with Gasteiger partial charge < -0.3 is 40.7 Å². The molecule has 2 aromatic carbocycles. The maximum absolute atomic E-state index is 13.5. The van der Waals surface area contributed by atoms with Crippen LogP contribution in [-0.2, 0) is 14.9 Å². The first-order valence-electron chi connectivity index (χ1n) is 19.4. The molecule has 4 fully saturated rings. The fourth-order valence-electron chi connectivity index (χ4n) is 8.64. The molecule has 0 radical (unpaired) electrons. The SMILES string of the molecule is CN1CCN([C@@H]2CCCN(c3cnc(C(N)=O)c(Nc4ccc(C5(C)CCN(c6ccc7c(c6)C(=O)N(C6CCC(=O)NCOC6)C7=O)CC5)cc4)n3)C2)C1=O. The molecule has 4 saturated heterocycles. The van der Waals surface area contributed by atoms with Crippen molar-refractivity contribution in [3.8, 4) is 0 Å². The highest BCUT2D eigenvalue weighted by atomic mass is 16.5. The van der Waals surface area contributed by atoms with E-state index in [0.29, 0.717) is 36.5 Å². The summed E-state index contributed by atoms with van der Waals surface area (Å²) in [5, 5.41) is 5.93. The zero-order valence-electron chi connectivity index (χ0n) is 31.8. The lowest BCUT2D eigenvalue weighted by atomic mass is 9.74. The second-order valence-corrected chi connectivity index (χ2v) is 15.7. The summed E-state index contributed by atoms with van der Waals surface area (Å²) in [6, 6.07) is 13.2. The van der Waals surface area contributed by atoms with Gasteiger partial charge in [-0.25, -0.2) is 14.8 Å². The van der Waals surface area contributed by atoms with Crippen molar-refractivity contribution in [2.45, 2.75) is 62.9 Å². The summed E-state index contributed by atoms with van der Waals surface area (Å²) in [5.74, 6) is -0.634. The van der Waals surface area contributed by atoms with E-state index in [1.54, 1.807) is 17.2 Å². The van der Waals surface area contributed by atoms with Crippen LogP contribution in [0, 0.1) is 0 Å². The number of urea groups is 1. The normalized spacial score (nSPS) is 22.9. The predicted octanol–water partition coefficient (Wildman–Crippen LogP) is 3.06. The first-order valence-corrected chi connectivity index (χ1v) is 19.4. The molecule has 3 aromatic rings. The van der Waals surface area contributed by atoms with Crippen LogP contribution in [0.4, 0.5) is 27.8 Å². The van der Waals surface area contributed by atoms with Gasteiger partial charge >= 0.3 is 6.03 Å². The molecule has 5 aliphatic rings. The molecule has 56 heavy (non-hydrogen) atoms. The number of nitrogens with two attached hydrogens (primary N) is 1. The lowest BCUT2D eigenvalue weighted by molar-refractivity contribution is -0.124. The summed E-state index contributed by atoms with van der Waals surface area (Å²) in [5.41, 5.74) is 9.25.